The number of ether oxygens (including phenoxy) is 1. The van der Waals surface area contributed by atoms with Gasteiger partial charge in [-0.15, -0.1) is 0 Å². The molecule has 0 spiro atoms. The van der Waals surface area contributed by atoms with Gasteiger partial charge in [-0.1, -0.05) is 12.1 Å². The monoisotopic (exact) mass is 321 g/mol. The van der Waals surface area contributed by atoms with E-state index in [1.165, 1.54) is 50.5 Å². The molecular weight excluding hydrogens is 306 g/mol. The molecule has 0 atom stereocenters. The van der Waals surface area contributed by atoms with Crippen molar-refractivity contribution >= 4 is 16.0 Å². The van der Waals surface area contributed by atoms with Crippen LogP contribution >= 0.6 is 0 Å². The number of aromatic carboxylic acids is 1. The number of rotatable bonds is 5. The second-order valence-corrected chi connectivity index (χ2v) is 6.81. The first-order chi connectivity index (χ1) is 10.3. The topological polar surface area (TPSA) is 83.9 Å². The Balaban J connectivity index is 2.28. The molecule has 0 fully saturated rings. The zero-order valence-electron chi connectivity index (χ0n) is 12.1. The van der Waals surface area contributed by atoms with E-state index in [2.05, 4.69) is 0 Å². The summed E-state index contributed by atoms with van der Waals surface area (Å²) in [4.78, 5) is 11.2. The zero-order chi connectivity index (χ0) is 16.3. The number of hydrogen-bond acceptors (Lipinski definition) is 4. The molecule has 0 unspecified atom stereocenters. The molecule has 0 saturated carbocycles. The van der Waals surface area contributed by atoms with Gasteiger partial charge in [0.2, 0.25) is 10.0 Å². The van der Waals surface area contributed by atoms with Crippen LogP contribution in [0.4, 0.5) is 0 Å². The van der Waals surface area contributed by atoms with Crippen LogP contribution in [0.2, 0.25) is 0 Å². The summed E-state index contributed by atoms with van der Waals surface area (Å²) in [5, 5.41) is 9.09. The van der Waals surface area contributed by atoms with Crippen LogP contribution < -0.4 is 4.74 Å². The Morgan fingerprint density at radius 2 is 1.64 bits per heavy atom. The number of carbonyl (C=O) groups is 1. The van der Waals surface area contributed by atoms with Crippen LogP contribution in [0.25, 0.3) is 0 Å². The van der Waals surface area contributed by atoms with E-state index in [4.69, 9.17) is 9.84 Å². The van der Waals surface area contributed by atoms with E-state index in [1.54, 1.807) is 12.1 Å². The van der Waals surface area contributed by atoms with Crippen LogP contribution in [-0.4, -0.2) is 37.9 Å². The van der Waals surface area contributed by atoms with Crippen molar-refractivity contribution in [2.24, 2.45) is 0 Å². The Morgan fingerprint density at radius 1 is 1.05 bits per heavy atom. The number of para-hydroxylation sites is 1. The highest BCUT2D eigenvalue weighted by molar-refractivity contribution is 7.89. The van der Waals surface area contributed by atoms with Crippen molar-refractivity contribution in [3.05, 3.63) is 54.1 Å². The lowest BCUT2D eigenvalue weighted by Gasteiger charge is -2.12. The van der Waals surface area contributed by atoms with Crippen LogP contribution in [0.15, 0.2) is 53.4 Å². The summed E-state index contributed by atoms with van der Waals surface area (Å²) in [5.74, 6) is -0.549. The minimum atomic E-state index is -3.50. The van der Waals surface area contributed by atoms with E-state index in [-0.39, 0.29) is 16.2 Å². The number of nitrogens with zero attached hydrogens (tertiary/aromatic N) is 1. The summed E-state index contributed by atoms with van der Waals surface area (Å²) in [6.45, 7) is 0. The predicted octanol–water partition coefficient (Wildman–Crippen LogP) is 2.43. The van der Waals surface area contributed by atoms with Crippen molar-refractivity contribution in [2.45, 2.75) is 4.90 Å². The lowest BCUT2D eigenvalue weighted by Crippen LogP contribution is -2.22. The molecule has 116 valence electrons. The predicted molar refractivity (Wildman–Crippen MR) is 80.8 cm³/mol. The van der Waals surface area contributed by atoms with Crippen LogP contribution in [0, 0.1) is 0 Å². The van der Waals surface area contributed by atoms with E-state index in [0.29, 0.717) is 5.75 Å². The summed E-state index contributed by atoms with van der Waals surface area (Å²) in [6.07, 6.45) is 0. The van der Waals surface area contributed by atoms with Crippen molar-refractivity contribution in [3.8, 4) is 11.5 Å². The second kappa shape index (κ2) is 6.17. The summed E-state index contributed by atoms with van der Waals surface area (Å²) in [5.41, 5.74) is 0.0347. The lowest BCUT2D eigenvalue weighted by molar-refractivity contribution is 0.0694. The van der Waals surface area contributed by atoms with E-state index in [0.717, 1.165) is 4.31 Å². The van der Waals surface area contributed by atoms with Gasteiger partial charge in [0.05, 0.1) is 4.90 Å². The van der Waals surface area contributed by atoms with Gasteiger partial charge in [0.1, 0.15) is 17.1 Å². The normalized spacial score (nSPS) is 11.4. The van der Waals surface area contributed by atoms with Crippen LogP contribution in [0.1, 0.15) is 10.4 Å². The molecule has 0 amide bonds. The summed E-state index contributed by atoms with van der Waals surface area (Å²) in [7, 11) is -0.610. The van der Waals surface area contributed by atoms with E-state index >= 15 is 0 Å². The fourth-order valence-electron chi connectivity index (χ4n) is 1.75. The molecule has 22 heavy (non-hydrogen) atoms. The van der Waals surface area contributed by atoms with Gasteiger partial charge in [-0.2, -0.15) is 0 Å². The smallest absolute Gasteiger partial charge is 0.339 e. The first-order valence-electron chi connectivity index (χ1n) is 6.35. The van der Waals surface area contributed by atoms with Gasteiger partial charge in [0, 0.05) is 14.1 Å². The molecule has 0 aliphatic heterocycles. The third-order valence-electron chi connectivity index (χ3n) is 2.95. The number of carboxylic acids is 1. The largest absolute Gasteiger partial charge is 0.478 e. The van der Waals surface area contributed by atoms with E-state index in [9.17, 15) is 13.2 Å². The van der Waals surface area contributed by atoms with Crippen LogP contribution in [-0.2, 0) is 10.0 Å². The van der Waals surface area contributed by atoms with Gasteiger partial charge in [0.15, 0.2) is 0 Å². The molecule has 0 bridgehead atoms. The lowest BCUT2D eigenvalue weighted by atomic mass is 10.2. The van der Waals surface area contributed by atoms with Crippen molar-refractivity contribution in [1.29, 1.82) is 0 Å². The minimum absolute atomic E-state index is 0.0347. The van der Waals surface area contributed by atoms with Gasteiger partial charge >= 0.3 is 5.97 Å². The molecule has 0 radical (unpaired) electrons. The fraction of sp³-hybridized carbons (Fsp3) is 0.133. The molecule has 2 rings (SSSR count). The number of benzene rings is 2. The van der Waals surface area contributed by atoms with Crippen LogP contribution in [0.5, 0.6) is 11.5 Å². The highest BCUT2D eigenvalue weighted by Crippen LogP contribution is 2.26. The average Bonchev–Trinajstić information content (AvgIpc) is 2.48. The Hall–Kier alpha value is -2.38. The summed E-state index contributed by atoms with van der Waals surface area (Å²) < 4.78 is 30.5. The van der Waals surface area contributed by atoms with Gasteiger partial charge in [-0.3, -0.25) is 0 Å². The number of sulfonamides is 1. The van der Waals surface area contributed by atoms with Gasteiger partial charge < -0.3 is 9.84 Å². The van der Waals surface area contributed by atoms with Gasteiger partial charge in [-0.25, -0.2) is 17.5 Å². The van der Waals surface area contributed by atoms with Crippen molar-refractivity contribution in [2.75, 3.05) is 14.1 Å². The minimum Gasteiger partial charge on any atom is -0.478 e. The maximum Gasteiger partial charge on any atom is 0.339 e. The molecule has 7 heteroatoms. The van der Waals surface area contributed by atoms with Crippen LogP contribution in [0.3, 0.4) is 0 Å². The molecule has 6 nitrogen and oxygen atoms in total. The SMILES string of the molecule is CN(C)S(=O)(=O)c1ccc(Oc2ccccc2C(=O)O)cc1. The molecule has 0 aliphatic rings. The first-order valence-corrected chi connectivity index (χ1v) is 7.79. The standard InChI is InChI=1S/C15H15NO5S/c1-16(2)22(19,20)12-9-7-11(8-10-12)21-14-6-4-3-5-13(14)15(17)18/h3-10H,1-2H3,(H,17,18). The molecule has 2 aromatic carbocycles. The third-order valence-corrected chi connectivity index (χ3v) is 4.78. The van der Waals surface area contributed by atoms with Crippen molar-refractivity contribution in [3.63, 3.8) is 0 Å². The highest BCUT2D eigenvalue weighted by Gasteiger charge is 2.17. The highest BCUT2D eigenvalue weighted by atomic mass is 32.2. The maximum absolute atomic E-state index is 12.0. The van der Waals surface area contributed by atoms with E-state index in [1.807, 2.05) is 0 Å². The quantitative estimate of drug-likeness (QED) is 0.914. The second-order valence-electron chi connectivity index (χ2n) is 4.66. The Labute approximate surface area is 128 Å². The number of hydrogen-bond donors (Lipinski definition) is 1. The first kappa shape index (κ1) is 16.0. The molecule has 0 aromatic heterocycles. The summed E-state index contributed by atoms with van der Waals surface area (Å²) in [6, 6.07) is 12.0. The average molecular weight is 321 g/mol. The zero-order valence-corrected chi connectivity index (χ0v) is 12.9. The summed E-state index contributed by atoms with van der Waals surface area (Å²) >= 11 is 0. The Morgan fingerprint density at radius 3 is 2.18 bits per heavy atom. The molecule has 1 N–H and O–H groups in total. The third kappa shape index (κ3) is 3.26. The van der Waals surface area contributed by atoms with E-state index < -0.39 is 16.0 Å². The molecule has 0 heterocycles. The Bertz CT molecular complexity index is 782. The van der Waals surface area contributed by atoms with Gasteiger partial charge in [-0.05, 0) is 36.4 Å². The molecular formula is C15H15NO5S. The van der Waals surface area contributed by atoms with Gasteiger partial charge in [0.25, 0.3) is 0 Å². The van der Waals surface area contributed by atoms with Crippen molar-refractivity contribution in [1.82, 2.24) is 4.31 Å². The maximum atomic E-state index is 12.0. The Kier molecular flexibility index (Phi) is 4.48. The molecule has 2 aromatic rings. The number of carboxylic acid groups (broad SMARTS) is 1. The molecule has 0 aliphatic carbocycles. The molecule has 0 saturated heterocycles. The fourth-order valence-corrected chi connectivity index (χ4v) is 2.65. The van der Waals surface area contributed by atoms with Crippen molar-refractivity contribution < 1.29 is 23.1 Å².